The minimum atomic E-state index is -0.821. The Hall–Kier alpha value is -2.02. The maximum absolute atomic E-state index is 14.5. The molecule has 0 saturated carbocycles. The summed E-state index contributed by atoms with van der Waals surface area (Å²) in [4.78, 5) is 24.8. The molecule has 5 nitrogen and oxygen atoms in total. The Labute approximate surface area is 133 Å². The van der Waals surface area contributed by atoms with E-state index in [1.54, 1.807) is 4.90 Å². The molecule has 1 unspecified atom stereocenters. The van der Waals surface area contributed by atoms with E-state index < -0.39 is 23.5 Å². The molecule has 2 aliphatic heterocycles. The van der Waals surface area contributed by atoms with Gasteiger partial charge in [-0.05, 0) is 19.4 Å². The second kappa shape index (κ2) is 6.23. The van der Waals surface area contributed by atoms with Gasteiger partial charge in [0.2, 0.25) is 11.8 Å². The van der Waals surface area contributed by atoms with Crippen molar-refractivity contribution in [2.75, 3.05) is 24.5 Å². The molecule has 2 fully saturated rings. The van der Waals surface area contributed by atoms with Crippen molar-refractivity contribution in [3.63, 3.8) is 0 Å². The molecular formula is C16H19F2N3O2. The van der Waals surface area contributed by atoms with Crippen molar-refractivity contribution in [1.82, 2.24) is 10.6 Å². The van der Waals surface area contributed by atoms with Crippen LogP contribution in [0.1, 0.15) is 31.2 Å². The third kappa shape index (κ3) is 3.19. The van der Waals surface area contributed by atoms with E-state index >= 15 is 0 Å². The standard InChI is InChI=1S/C16H19F2N3O2/c1-9-8-21(5-4-19-9)14-7-12(17)11(6-13(14)18)10-2-3-15(22)20-16(10)23/h6-7,9-10,19H,2-5,8H2,1H3,(H,20,22,23)/t9-,10?/m1/s1. The molecule has 0 spiro atoms. The van der Waals surface area contributed by atoms with E-state index in [4.69, 9.17) is 0 Å². The van der Waals surface area contributed by atoms with Gasteiger partial charge < -0.3 is 10.2 Å². The number of anilines is 1. The molecule has 0 radical (unpaired) electrons. The topological polar surface area (TPSA) is 61.4 Å². The van der Waals surface area contributed by atoms with E-state index in [0.29, 0.717) is 19.6 Å². The molecule has 1 aromatic carbocycles. The van der Waals surface area contributed by atoms with Crippen molar-refractivity contribution in [1.29, 1.82) is 0 Å². The van der Waals surface area contributed by atoms with Crippen molar-refractivity contribution < 1.29 is 18.4 Å². The van der Waals surface area contributed by atoms with Crippen LogP contribution in [0.15, 0.2) is 12.1 Å². The van der Waals surface area contributed by atoms with E-state index in [0.717, 1.165) is 12.1 Å². The zero-order valence-electron chi connectivity index (χ0n) is 12.9. The number of rotatable bonds is 2. The summed E-state index contributed by atoms with van der Waals surface area (Å²) in [5, 5.41) is 5.42. The average Bonchev–Trinajstić information content (AvgIpc) is 2.49. The number of amides is 2. The lowest BCUT2D eigenvalue weighted by Gasteiger charge is -2.34. The summed E-state index contributed by atoms with van der Waals surface area (Å²) >= 11 is 0. The fraction of sp³-hybridized carbons (Fsp3) is 0.500. The van der Waals surface area contributed by atoms with Crippen LogP contribution in [0.4, 0.5) is 14.5 Å². The number of carbonyl (C=O) groups is 2. The fourth-order valence-electron chi connectivity index (χ4n) is 3.20. The molecule has 3 rings (SSSR count). The first-order chi connectivity index (χ1) is 11.0. The third-order valence-electron chi connectivity index (χ3n) is 4.39. The number of imide groups is 1. The first-order valence-corrected chi connectivity index (χ1v) is 7.76. The van der Waals surface area contributed by atoms with Gasteiger partial charge in [-0.1, -0.05) is 0 Å². The smallest absolute Gasteiger partial charge is 0.234 e. The molecular weight excluding hydrogens is 304 g/mol. The zero-order valence-corrected chi connectivity index (χ0v) is 12.9. The number of nitrogens with zero attached hydrogens (tertiary/aromatic N) is 1. The number of benzene rings is 1. The van der Waals surface area contributed by atoms with E-state index in [2.05, 4.69) is 10.6 Å². The molecule has 7 heteroatoms. The molecule has 124 valence electrons. The third-order valence-corrected chi connectivity index (χ3v) is 4.39. The van der Waals surface area contributed by atoms with Crippen LogP contribution in [0, 0.1) is 11.6 Å². The Morgan fingerprint density at radius 1 is 1.22 bits per heavy atom. The van der Waals surface area contributed by atoms with Gasteiger partial charge in [-0.2, -0.15) is 0 Å². The predicted octanol–water partition coefficient (Wildman–Crippen LogP) is 1.28. The lowest BCUT2D eigenvalue weighted by atomic mass is 9.89. The first kappa shape index (κ1) is 15.9. The van der Waals surface area contributed by atoms with Gasteiger partial charge in [-0.3, -0.25) is 14.9 Å². The molecule has 0 aromatic heterocycles. The number of piperazine rings is 1. The Kier molecular flexibility index (Phi) is 4.30. The highest BCUT2D eigenvalue weighted by molar-refractivity contribution is 6.01. The van der Waals surface area contributed by atoms with Gasteiger partial charge >= 0.3 is 0 Å². The Balaban J connectivity index is 1.88. The summed E-state index contributed by atoms with van der Waals surface area (Å²) in [6, 6.07) is 2.45. The summed E-state index contributed by atoms with van der Waals surface area (Å²) in [5.41, 5.74) is 0.228. The highest BCUT2D eigenvalue weighted by atomic mass is 19.1. The molecule has 2 N–H and O–H groups in total. The Bertz CT molecular complexity index is 650. The van der Waals surface area contributed by atoms with E-state index in [1.807, 2.05) is 6.92 Å². The minimum Gasteiger partial charge on any atom is -0.366 e. The predicted molar refractivity (Wildman–Crippen MR) is 81.2 cm³/mol. The minimum absolute atomic E-state index is 0.0134. The van der Waals surface area contributed by atoms with Gasteiger partial charge in [0, 0.05) is 43.7 Å². The number of hydrogen-bond donors (Lipinski definition) is 2. The average molecular weight is 323 g/mol. The van der Waals surface area contributed by atoms with Gasteiger partial charge in [0.05, 0.1) is 11.6 Å². The summed E-state index contributed by atoms with van der Waals surface area (Å²) in [5.74, 6) is -2.91. The maximum atomic E-state index is 14.5. The SMILES string of the molecule is C[C@@H]1CN(c2cc(F)c(C3CCC(=O)NC3=O)cc2F)CCN1. The van der Waals surface area contributed by atoms with Crippen LogP contribution in [0.25, 0.3) is 0 Å². The summed E-state index contributed by atoms with van der Waals surface area (Å²) in [6.45, 7) is 3.88. The second-order valence-corrected chi connectivity index (χ2v) is 6.13. The number of carbonyl (C=O) groups excluding carboxylic acids is 2. The van der Waals surface area contributed by atoms with E-state index in [9.17, 15) is 18.4 Å². The Morgan fingerprint density at radius 3 is 2.70 bits per heavy atom. The van der Waals surface area contributed by atoms with Gasteiger partial charge in [0.25, 0.3) is 0 Å². The van der Waals surface area contributed by atoms with Crippen LogP contribution in [0.3, 0.4) is 0 Å². The maximum Gasteiger partial charge on any atom is 0.234 e. The molecule has 2 aliphatic rings. The molecule has 0 bridgehead atoms. The van der Waals surface area contributed by atoms with Crippen LogP contribution >= 0.6 is 0 Å². The van der Waals surface area contributed by atoms with Crippen molar-refractivity contribution in [2.45, 2.75) is 31.7 Å². The van der Waals surface area contributed by atoms with Crippen LogP contribution in [-0.4, -0.2) is 37.5 Å². The van der Waals surface area contributed by atoms with Crippen LogP contribution in [0.2, 0.25) is 0 Å². The second-order valence-electron chi connectivity index (χ2n) is 6.13. The Morgan fingerprint density at radius 2 is 2.00 bits per heavy atom. The zero-order chi connectivity index (χ0) is 16.6. The van der Waals surface area contributed by atoms with Crippen LogP contribution < -0.4 is 15.5 Å². The van der Waals surface area contributed by atoms with Crippen molar-refractivity contribution >= 4 is 17.5 Å². The monoisotopic (exact) mass is 323 g/mol. The summed E-state index contributed by atoms with van der Waals surface area (Å²) < 4.78 is 28.9. The molecule has 2 atom stereocenters. The van der Waals surface area contributed by atoms with Crippen molar-refractivity contribution in [3.05, 3.63) is 29.3 Å². The van der Waals surface area contributed by atoms with E-state index in [-0.39, 0.29) is 36.0 Å². The van der Waals surface area contributed by atoms with Crippen LogP contribution in [0.5, 0.6) is 0 Å². The normalized spacial score (nSPS) is 25.4. The number of halogens is 2. The molecule has 2 amide bonds. The van der Waals surface area contributed by atoms with Gasteiger partial charge in [-0.25, -0.2) is 8.78 Å². The highest BCUT2D eigenvalue weighted by Gasteiger charge is 2.31. The fourth-order valence-corrected chi connectivity index (χ4v) is 3.20. The van der Waals surface area contributed by atoms with E-state index in [1.165, 1.54) is 0 Å². The molecule has 0 aliphatic carbocycles. The first-order valence-electron chi connectivity index (χ1n) is 7.76. The largest absolute Gasteiger partial charge is 0.366 e. The van der Waals surface area contributed by atoms with Gasteiger partial charge in [0.1, 0.15) is 11.6 Å². The molecule has 1 aromatic rings. The van der Waals surface area contributed by atoms with Gasteiger partial charge in [-0.15, -0.1) is 0 Å². The highest BCUT2D eigenvalue weighted by Crippen LogP contribution is 2.31. The number of nitrogens with one attached hydrogen (secondary N) is 2. The summed E-state index contributed by atoms with van der Waals surface area (Å²) in [7, 11) is 0. The van der Waals surface area contributed by atoms with Crippen molar-refractivity contribution in [3.8, 4) is 0 Å². The summed E-state index contributed by atoms with van der Waals surface area (Å²) in [6.07, 6.45) is 0.333. The lowest BCUT2D eigenvalue weighted by molar-refractivity contribution is -0.134. The molecule has 2 saturated heterocycles. The number of piperidine rings is 1. The van der Waals surface area contributed by atoms with Gasteiger partial charge in [0.15, 0.2) is 0 Å². The molecule has 23 heavy (non-hydrogen) atoms. The number of hydrogen-bond acceptors (Lipinski definition) is 4. The van der Waals surface area contributed by atoms with Crippen molar-refractivity contribution in [2.24, 2.45) is 0 Å². The molecule has 2 heterocycles. The quantitative estimate of drug-likeness (QED) is 0.805. The lowest BCUT2D eigenvalue weighted by Crippen LogP contribution is -2.49. The van der Waals surface area contributed by atoms with Crippen LogP contribution in [-0.2, 0) is 9.59 Å².